The van der Waals surface area contributed by atoms with E-state index in [1.807, 2.05) is 0 Å². The normalized spacial score (nSPS) is 17.2. The second kappa shape index (κ2) is 6.78. The number of halogens is 2. The van der Waals surface area contributed by atoms with E-state index in [1.165, 1.54) is 6.07 Å². The molecule has 1 atom stereocenters. The molecule has 1 aliphatic rings. The van der Waals surface area contributed by atoms with Crippen LogP contribution in [0.15, 0.2) is 18.2 Å². The predicted octanol–water partition coefficient (Wildman–Crippen LogP) is 1.75. The van der Waals surface area contributed by atoms with Gasteiger partial charge >= 0.3 is 5.97 Å². The van der Waals surface area contributed by atoms with E-state index in [-0.39, 0.29) is 12.3 Å². The average molecular weight is 331 g/mol. The van der Waals surface area contributed by atoms with E-state index in [0.29, 0.717) is 22.2 Å². The third-order valence-corrected chi connectivity index (χ3v) is 3.57. The van der Waals surface area contributed by atoms with Crippen LogP contribution in [0.1, 0.15) is 12.8 Å². The van der Waals surface area contributed by atoms with Gasteiger partial charge in [-0.25, -0.2) is 4.79 Å². The van der Waals surface area contributed by atoms with Crippen LogP contribution in [-0.4, -0.2) is 30.4 Å². The van der Waals surface area contributed by atoms with Crippen molar-refractivity contribution in [2.75, 3.05) is 11.9 Å². The lowest BCUT2D eigenvalue weighted by molar-refractivity contribution is -0.149. The number of hydrogen-bond donors (Lipinski definition) is 2. The van der Waals surface area contributed by atoms with Crippen molar-refractivity contribution in [1.82, 2.24) is 5.32 Å². The second-order valence-corrected chi connectivity index (χ2v) is 5.26. The Balaban J connectivity index is 1.80. The average Bonchev–Trinajstić information content (AvgIpc) is 2.87. The topological polar surface area (TPSA) is 84.5 Å². The quantitative estimate of drug-likeness (QED) is 0.824. The molecule has 1 heterocycles. The van der Waals surface area contributed by atoms with E-state index in [9.17, 15) is 14.4 Å². The Kier molecular flexibility index (Phi) is 5.03. The number of ether oxygens (including phenoxy) is 1. The first kappa shape index (κ1) is 15.6. The maximum Gasteiger partial charge on any atom is 0.329 e. The minimum Gasteiger partial charge on any atom is -0.454 e. The predicted molar refractivity (Wildman–Crippen MR) is 77.2 cm³/mol. The monoisotopic (exact) mass is 330 g/mol. The van der Waals surface area contributed by atoms with Crippen molar-refractivity contribution in [3.63, 3.8) is 0 Å². The van der Waals surface area contributed by atoms with E-state index in [2.05, 4.69) is 10.6 Å². The first-order chi connectivity index (χ1) is 9.95. The van der Waals surface area contributed by atoms with Crippen LogP contribution in [0.25, 0.3) is 0 Å². The Bertz CT molecular complexity index is 592. The zero-order chi connectivity index (χ0) is 15.4. The van der Waals surface area contributed by atoms with Crippen LogP contribution in [0, 0.1) is 0 Å². The molecule has 2 rings (SSSR count). The summed E-state index contributed by atoms with van der Waals surface area (Å²) in [6.07, 6.45) is 0.668. The van der Waals surface area contributed by atoms with Gasteiger partial charge in [0.2, 0.25) is 5.91 Å². The molecule has 0 radical (unpaired) electrons. The minimum atomic E-state index is -0.671. The highest BCUT2D eigenvalue weighted by molar-refractivity contribution is 6.42. The van der Waals surface area contributed by atoms with E-state index in [1.54, 1.807) is 12.1 Å². The molecule has 112 valence electrons. The zero-order valence-corrected chi connectivity index (χ0v) is 12.3. The maximum absolute atomic E-state index is 11.6. The Morgan fingerprint density at radius 3 is 2.71 bits per heavy atom. The molecule has 1 aromatic rings. The SMILES string of the molecule is O=C(COC(=O)[C@@H]1CCC(=O)N1)Nc1ccc(Cl)c(Cl)c1. The third-order valence-electron chi connectivity index (χ3n) is 2.83. The van der Waals surface area contributed by atoms with Gasteiger partial charge in [0.05, 0.1) is 10.0 Å². The molecule has 21 heavy (non-hydrogen) atoms. The molecular formula is C13H12Cl2N2O4. The molecule has 0 spiro atoms. The summed E-state index contributed by atoms with van der Waals surface area (Å²) < 4.78 is 4.84. The Labute approximate surface area is 130 Å². The molecule has 0 bridgehead atoms. The summed E-state index contributed by atoms with van der Waals surface area (Å²) in [6, 6.07) is 3.93. The van der Waals surface area contributed by atoms with E-state index in [0.717, 1.165) is 0 Å². The van der Waals surface area contributed by atoms with Crippen molar-refractivity contribution in [1.29, 1.82) is 0 Å². The maximum atomic E-state index is 11.6. The van der Waals surface area contributed by atoms with Gasteiger partial charge in [0, 0.05) is 12.1 Å². The van der Waals surface area contributed by atoms with Gasteiger partial charge in [0.15, 0.2) is 6.61 Å². The van der Waals surface area contributed by atoms with Gasteiger partial charge in [-0.15, -0.1) is 0 Å². The van der Waals surface area contributed by atoms with Crippen molar-refractivity contribution in [2.24, 2.45) is 0 Å². The molecule has 6 nitrogen and oxygen atoms in total. The number of benzene rings is 1. The third kappa shape index (κ3) is 4.34. The molecule has 1 fully saturated rings. The number of esters is 1. The number of carbonyl (C=O) groups excluding carboxylic acids is 3. The van der Waals surface area contributed by atoms with E-state index >= 15 is 0 Å². The van der Waals surface area contributed by atoms with Crippen LogP contribution in [-0.2, 0) is 19.1 Å². The Morgan fingerprint density at radius 2 is 2.10 bits per heavy atom. The first-order valence-corrected chi connectivity index (χ1v) is 6.92. The van der Waals surface area contributed by atoms with Gasteiger partial charge in [0.25, 0.3) is 5.91 Å². The number of amides is 2. The lowest BCUT2D eigenvalue weighted by Gasteiger charge is -2.10. The lowest BCUT2D eigenvalue weighted by atomic mass is 10.2. The van der Waals surface area contributed by atoms with Crippen molar-refractivity contribution < 1.29 is 19.1 Å². The molecule has 1 saturated heterocycles. The van der Waals surface area contributed by atoms with Gasteiger partial charge in [-0.05, 0) is 24.6 Å². The second-order valence-electron chi connectivity index (χ2n) is 4.44. The summed E-state index contributed by atoms with van der Waals surface area (Å²) in [6.45, 7) is -0.439. The Hall–Kier alpha value is -1.79. The van der Waals surface area contributed by atoms with E-state index < -0.39 is 24.5 Å². The van der Waals surface area contributed by atoms with Gasteiger partial charge < -0.3 is 15.4 Å². The van der Waals surface area contributed by atoms with Crippen LogP contribution in [0.5, 0.6) is 0 Å². The van der Waals surface area contributed by atoms with Crippen molar-refractivity contribution in [3.8, 4) is 0 Å². The van der Waals surface area contributed by atoms with Crippen molar-refractivity contribution >= 4 is 46.7 Å². The smallest absolute Gasteiger partial charge is 0.329 e. The fourth-order valence-electron chi connectivity index (χ4n) is 1.80. The van der Waals surface area contributed by atoms with Crippen molar-refractivity contribution in [3.05, 3.63) is 28.2 Å². The fourth-order valence-corrected chi connectivity index (χ4v) is 2.10. The summed E-state index contributed by atoms with van der Waals surface area (Å²) in [5.41, 5.74) is 0.444. The highest BCUT2D eigenvalue weighted by Crippen LogP contribution is 2.24. The number of carbonyl (C=O) groups is 3. The first-order valence-electron chi connectivity index (χ1n) is 6.16. The van der Waals surface area contributed by atoms with Crippen LogP contribution in [0.4, 0.5) is 5.69 Å². The molecular weight excluding hydrogens is 319 g/mol. The van der Waals surface area contributed by atoms with Crippen molar-refractivity contribution in [2.45, 2.75) is 18.9 Å². The van der Waals surface area contributed by atoms with Crippen LogP contribution < -0.4 is 10.6 Å². The van der Waals surface area contributed by atoms with Crippen LogP contribution in [0.2, 0.25) is 10.0 Å². The number of anilines is 1. The highest BCUT2D eigenvalue weighted by Gasteiger charge is 2.28. The minimum absolute atomic E-state index is 0.197. The molecule has 8 heteroatoms. The molecule has 0 unspecified atom stereocenters. The van der Waals surface area contributed by atoms with Crippen LogP contribution >= 0.6 is 23.2 Å². The molecule has 0 aliphatic carbocycles. The number of rotatable bonds is 4. The summed E-state index contributed by atoms with van der Waals surface area (Å²) in [4.78, 5) is 34.2. The summed E-state index contributed by atoms with van der Waals surface area (Å²) in [5, 5.41) is 5.66. The standard InChI is InChI=1S/C13H12Cl2N2O4/c14-8-2-1-7(5-9(8)15)16-12(19)6-21-13(20)10-3-4-11(18)17-10/h1-2,5,10H,3-4,6H2,(H,16,19)(H,17,18)/t10-/m0/s1. The summed E-state index contributed by atoms with van der Waals surface area (Å²) in [7, 11) is 0. The van der Waals surface area contributed by atoms with Crippen LogP contribution in [0.3, 0.4) is 0 Å². The highest BCUT2D eigenvalue weighted by atomic mass is 35.5. The fraction of sp³-hybridized carbons (Fsp3) is 0.308. The largest absolute Gasteiger partial charge is 0.454 e. The molecule has 2 amide bonds. The molecule has 1 aromatic carbocycles. The summed E-state index contributed by atoms with van der Waals surface area (Å²) in [5.74, 6) is -1.33. The number of hydrogen-bond acceptors (Lipinski definition) is 4. The Morgan fingerprint density at radius 1 is 1.33 bits per heavy atom. The van der Waals surface area contributed by atoms with Gasteiger partial charge in [-0.3, -0.25) is 9.59 Å². The molecule has 0 saturated carbocycles. The van der Waals surface area contributed by atoms with Gasteiger partial charge in [-0.2, -0.15) is 0 Å². The molecule has 0 aromatic heterocycles. The summed E-state index contributed by atoms with van der Waals surface area (Å²) >= 11 is 11.6. The molecule has 2 N–H and O–H groups in total. The number of nitrogens with one attached hydrogen (secondary N) is 2. The van der Waals surface area contributed by atoms with E-state index in [4.69, 9.17) is 27.9 Å². The lowest BCUT2D eigenvalue weighted by Crippen LogP contribution is -2.36. The van der Waals surface area contributed by atoms with Gasteiger partial charge in [0.1, 0.15) is 6.04 Å². The van der Waals surface area contributed by atoms with Gasteiger partial charge in [-0.1, -0.05) is 23.2 Å². The zero-order valence-electron chi connectivity index (χ0n) is 10.8. The molecule has 1 aliphatic heterocycles.